The fourth-order valence-electron chi connectivity index (χ4n) is 4.54. The zero-order valence-corrected chi connectivity index (χ0v) is 19.4. The largest absolute Gasteiger partial charge is 0.383 e. The summed E-state index contributed by atoms with van der Waals surface area (Å²) in [6, 6.07) is 7.73. The van der Waals surface area contributed by atoms with Gasteiger partial charge in [-0.05, 0) is 60.9 Å². The van der Waals surface area contributed by atoms with Crippen molar-refractivity contribution in [1.82, 2.24) is 14.8 Å². The van der Waals surface area contributed by atoms with E-state index in [4.69, 9.17) is 5.73 Å². The maximum Gasteiger partial charge on any atom is 0.313 e. The Kier molecular flexibility index (Phi) is 6.65. The Morgan fingerprint density at radius 3 is 2.55 bits per heavy atom. The number of amides is 2. The maximum absolute atomic E-state index is 13.5. The Morgan fingerprint density at radius 2 is 1.91 bits per heavy atom. The minimum absolute atomic E-state index is 0.0977. The third-order valence-electron chi connectivity index (χ3n) is 6.40. The second-order valence-electron chi connectivity index (χ2n) is 9.65. The van der Waals surface area contributed by atoms with Crippen LogP contribution in [-0.4, -0.2) is 52.3 Å². The molecule has 1 saturated carbocycles. The van der Waals surface area contributed by atoms with E-state index in [1.165, 1.54) is 18.3 Å². The standard InChI is InChI=1S/C25H32FN5O2/c1-15(2)12-30-14-22(18-6-8-19(26)9-7-18)31(13-16(30)3)25(33)24(32)29-20-10-21(17-4-5-17)23(27)28-11-20/h6-11,15-17,22H,4-5,12-14H2,1-3H3,(H2,27,28)(H,29,32)/t16-,22+/m1/s1. The number of nitrogens with two attached hydrogens (primary N) is 1. The van der Waals surface area contributed by atoms with Gasteiger partial charge in [0.15, 0.2) is 0 Å². The van der Waals surface area contributed by atoms with Crippen LogP contribution in [0.4, 0.5) is 15.9 Å². The van der Waals surface area contributed by atoms with Crippen LogP contribution in [-0.2, 0) is 9.59 Å². The molecule has 2 amide bonds. The van der Waals surface area contributed by atoms with Crippen LogP contribution in [0.3, 0.4) is 0 Å². The second kappa shape index (κ2) is 9.47. The summed E-state index contributed by atoms with van der Waals surface area (Å²) in [5, 5.41) is 2.71. The van der Waals surface area contributed by atoms with Gasteiger partial charge in [-0.15, -0.1) is 0 Å². The van der Waals surface area contributed by atoms with Gasteiger partial charge in [0.05, 0.1) is 17.9 Å². The van der Waals surface area contributed by atoms with Crippen LogP contribution in [0, 0.1) is 11.7 Å². The molecular weight excluding hydrogens is 421 g/mol. The van der Waals surface area contributed by atoms with Crippen LogP contribution in [0.2, 0.25) is 0 Å². The van der Waals surface area contributed by atoms with Gasteiger partial charge in [0.2, 0.25) is 0 Å². The quantitative estimate of drug-likeness (QED) is 0.676. The molecule has 2 heterocycles. The van der Waals surface area contributed by atoms with E-state index >= 15 is 0 Å². The zero-order valence-electron chi connectivity index (χ0n) is 19.4. The number of nitrogens with one attached hydrogen (secondary N) is 1. The number of benzene rings is 1. The molecule has 2 aromatic rings. The van der Waals surface area contributed by atoms with Crippen molar-refractivity contribution in [2.24, 2.45) is 5.92 Å². The van der Waals surface area contributed by atoms with Crippen LogP contribution >= 0.6 is 0 Å². The van der Waals surface area contributed by atoms with Crippen LogP contribution in [0.5, 0.6) is 0 Å². The molecular formula is C25H32FN5O2. The third kappa shape index (κ3) is 5.33. The smallest absolute Gasteiger partial charge is 0.313 e. The van der Waals surface area contributed by atoms with Gasteiger partial charge in [-0.1, -0.05) is 26.0 Å². The number of carbonyl (C=O) groups excluding carboxylic acids is 2. The lowest BCUT2D eigenvalue weighted by Gasteiger charge is -2.45. The molecule has 2 aliphatic rings. The number of aromatic nitrogens is 1. The summed E-state index contributed by atoms with van der Waals surface area (Å²) in [5.74, 6) is -0.341. The van der Waals surface area contributed by atoms with Gasteiger partial charge in [-0.3, -0.25) is 14.5 Å². The van der Waals surface area contributed by atoms with E-state index in [9.17, 15) is 14.0 Å². The molecule has 1 aromatic carbocycles. The molecule has 1 aliphatic carbocycles. The fraction of sp³-hybridized carbons (Fsp3) is 0.480. The molecule has 7 nitrogen and oxygen atoms in total. The normalized spacial score (nSPS) is 21.3. The number of hydrogen-bond donors (Lipinski definition) is 2. The lowest BCUT2D eigenvalue weighted by molar-refractivity contribution is -0.148. The van der Waals surface area contributed by atoms with Gasteiger partial charge in [0.25, 0.3) is 0 Å². The highest BCUT2D eigenvalue weighted by molar-refractivity contribution is 6.39. The molecule has 0 spiro atoms. The van der Waals surface area contributed by atoms with E-state index in [0.29, 0.717) is 36.4 Å². The Hall–Kier alpha value is -3.00. The van der Waals surface area contributed by atoms with Crippen molar-refractivity contribution in [2.75, 3.05) is 30.7 Å². The fourth-order valence-corrected chi connectivity index (χ4v) is 4.54. The molecule has 2 atom stereocenters. The Morgan fingerprint density at radius 1 is 1.21 bits per heavy atom. The minimum Gasteiger partial charge on any atom is -0.383 e. The van der Waals surface area contributed by atoms with Gasteiger partial charge in [-0.25, -0.2) is 9.37 Å². The SMILES string of the molecule is CC(C)CN1C[C@@H](c2ccc(F)cc2)N(C(=O)C(=O)Nc2cnc(N)c(C3CC3)c2)C[C@H]1C. The van der Waals surface area contributed by atoms with E-state index in [0.717, 1.165) is 30.5 Å². The summed E-state index contributed by atoms with van der Waals surface area (Å²) in [6.45, 7) is 8.25. The van der Waals surface area contributed by atoms with Crippen LogP contribution in [0.15, 0.2) is 36.5 Å². The van der Waals surface area contributed by atoms with E-state index in [1.807, 2.05) is 6.07 Å². The lowest BCUT2D eigenvalue weighted by Crippen LogP contribution is -2.57. The van der Waals surface area contributed by atoms with E-state index in [-0.39, 0.29) is 17.9 Å². The molecule has 0 unspecified atom stereocenters. The molecule has 8 heteroatoms. The molecule has 176 valence electrons. The monoisotopic (exact) mass is 453 g/mol. The van der Waals surface area contributed by atoms with Crippen LogP contribution < -0.4 is 11.1 Å². The van der Waals surface area contributed by atoms with Crippen molar-refractivity contribution in [1.29, 1.82) is 0 Å². The number of nitrogen functional groups attached to an aromatic ring is 1. The summed E-state index contributed by atoms with van der Waals surface area (Å²) < 4.78 is 13.5. The summed E-state index contributed by atoms with van der Waals surface area (Å²) >= 11 is 0. The summed E-state index contributed by atoms with van der Waals surface area (Å²) in [4.78, 5) is 34.4. The minimum atomic E-state index is -0.708. The average molecular weight is 454 g/mol. The van der Waals surface area contributed by atoms with Crippen LogP contribution in [0.25, 0.3) is 0 Å². The molecule has 1 aromatic heterocycles. The first-order valence-electron chi connectivity index (χ1n) is 11.6. The van der Waals surface area contributed by atoms with Gasteiger partial charge in [0, 0.05) is 25.7 Å². The van der Waals surface area contributed by atoms with E-state index in [2.05, 4.69) is 36.0 Å². The lowest BCUT2D eigenvalue weighted by atomic mass is 9.98. The summed E-state index contributed by atoms with van der Waals surface area (Å²) in [7, 11) is 0. The highest BCUT2D eigenvalue weighted by Crippen LogP contribution is 2.42. The van der Waals surface area contributed by atoms with Gasteiger partial charge in [0.1, 0.15) is 11.6 Å². The maximum atomic E-state index is 13.5. The first-order chi connectivity index (χ1) is 15.7. The van der Waals surface area contributed by atoms with Crippen molar-refractivity contribution in [3.05, 3.63) is 53.5 Å². The van der Waals surface area contributed by atoms with E-state index in [1.54, 1.807) is 17.0 Å². The molecule has 1 aliphatic heterocycles. The highest BCUT2D eigenvalue weighted by Gasteiger charge is 2.38. The first kappa shape index (κ1) is 23.2. The van der Waals surface area contributed by atoms with Crippen molar-refractivity contribution < 1.29 is 14.0 Å². The van der Waals surface area contributed by atoms with E-state index < -0.39 is 11.8 Å². The zero-order chi connectivity index (χ0) is 23.7. The Bertz CT molecular complexity index is 1020. The Labute approximate surface area is 194 Å². The number of nitrogens with zero attached hydrogens (tertiary/aromatic N) is 3. The number of hydrogen-bond acceptors (Lipinski definition) is 5. The van der Waals surface area contributed by atoms with Crippen LogP contribution in [0.1, 0.15) is 56.7 Å². The molecule has 4 rings (SSSR count). The molecule has 33 heavy (non-hydrogen) atoms. The first-order valence-corrected chi connectivity index (χ1v) is 11.6. The van der Waals surface area contributed by atoms with Gasteiger partial charge < -0.3 is 16.0 Å². The van der Waals surface area contributed by atoms with Crippen molar-refractivity contribution in [2.45, 2.75) is 51.6 Å². The number of piperazine rings is 1. The number of halogens is 1. The predicted octanol–water partition coefficient (Wildman–Crippen LogP) is 3.55. The molecule has 0 bridgehead atoms. The highest BCUT2D eigenvalue weighted by atomic mass is 19.1. The number of carbonyl (C=O) groups is 2. The van der Waals surface area contributed by atoms with Crippen molar-refractivity contribution in [3.8, 4) is 0 Å². The average Bonchev–Trinajstić information content (AvgIpc) is 3.61. The Balaban J connectivity index is 1.55. The van der Waals surface area contributed by atoms with Gasteiger partial charge in [-0.2, -0.15) is 0 Å². The predicted molar refractivity (Wildman–Crippen MR) is 126 cm³/mol. The number of anilines is 2. The molecule has 2 fully saturated rings. The number of rotatable bonds is 5. The third-order valence-corrected chi connectivity index (χ3v) is 6.40. The number of pyridine rings is 1. The summed E-state index contributed by atoms with van der Waals surface area (Å²) in [6.07, 6.45) is 3.59. The summed E-state index contributed by atoms with van der Waals surface area (Å²) in [5.41, 5.74) is 8.16. The molecule has 3 N–H and O–H groups in total. The van der Waals surface area contributed by atoms with Gasteiger partial charge >= 0.3 is 11.8 Å². The van der Waals surface area contributed by atoms with Crippen molar-refractivity contribution in [3.63, 3.8) is 0 Å². The second-order valence-corrected chi connectivity index (χ2v) is 9.65. The molecule has 1 saturated heterocycles. The van der Waals surface area contributed by atoms with Crippen molar-refractivity contribution >= 4 is 23.3 Å². The topological polar surface area (TPSA) is 91.6 Å². The molecule has 0 radical (unpaired) electrons.